The number of urea groups is 1. The number of amides is 3. The van der Waals surface area contributed by atoms with E-state index in [2.05, 4.69) is 31.4 Å². The lowest BCUT2D eigenvalue weighted by Gasteiger charge is -2.23. The maximum absolute atomic E-state index is 13.0. The molecule has 1 aliphatic rings. The van der Waals surface area contributed by atoms with Gasteiger partial charge in [0.2, 0.25) is 11.8 Å². The van der Waals surface area contributed by atoms with Gasteiger partial charge in [-0.25, -0.2) is 4.79 Å². The van der Waals surface area contributed by atoms with Gasteiger partial charge in [-0.2, -0.15) is 0 Å². The second kappa shape index (κ2) is 7.03. The van der Waals surface area contributed by atoms with E-state index in [0.29, 0.717) is 16.5 Å². The SMILES string of the molecule is C[C@]1(c2ccccc2Cl)NC(=O)N(Cc2nnc(-c3ccccc3Br)o2)C1=O. The molecule has 0 unspecified atom stereocenters. The van der Waals surface area contributed by atoms with Crippen LogP contribution in [0.1, 0.15) is 18.4 Å². The molecule has 7 nitrogen and oxygen atoms in total. The molecule has 28 heavy (non-hydrogen) atoms. The average Bonchev–Trinajstić information content (AvgIpc) is 3.22. The van der Waals surface area contributed by atoms with Gasteiger partial charge in [-0.1, -0.05) is 41.9 Å². The summed E-state index contributed by atoms with van der Waals surface area (Å²) in [7, 11) is 0. The van der Waals surface area contributed by atoms with Crippen molar-refractivity contribution in [1.82, 2.24) is 20.4 Å². The highest BCUT2D eigenvalue weighted by molar-refractivity contribution is 9.10. The molecule has 1 fully saturated rings. The molecule has 3 aromatic rings. The molecule has 1 aliphatic heterocycles. The summed E-state index contributed by atoms with van der Waals surface area (Å²) in [6.45, 7) is 1.48. The van der Waals surface area contributed by atoms with Crippen LogP contribution in [0.15, 0.2) is 57.4 Å². The lowest BCUT2D eigenvalue weighted by molar-refractivity contribution is -0.131. The normalized spacial score (nSPS) is 19.2. The minimum atomic E-state index is -1.26. The number of carbonyl (C=O) groups excluding carboxylic acids is 2. The third kappa shape index (κ3) is 3.08. The summed E-state index contributed by atoms with van der Waals surface area (Å²) in [6, 6.07) is 13.7. The van der Waals surface area contributed by atoms with Crippen LogP contribution in [-0.2, 0) is 16.9 Å². The number of rotatable bonds is 4. The number of hydrogen-bond donors (Lipinski definition) is 1. The first-order valence-corrected chi connectivity index (χ1v) is 9.53. The second-order valence-electron chi connectivity index (χ2n) is 6.41. The zero-order valence-electron chi connectivity index (χ0n) is 14.6. The third-order valence-corrected chi connectivity index (χ3v) is 5.57. The van der Waals surface area contributed by atoms with Crippen LogP contribution in [-0.4, -0.2) is 27.0 Å². The molecule has 4 rings (SSSR count). The Morgan fingerprint density at radius 3 is 2.61 bits per heavy atom. The predicted octanol–water partition coefficient (Wildman–Crippen LogP) is 4.12. The number of aromatic nitrogens is 2. The predicted molar refractivity (Wildman–Crippen MR) is 105 cm³/mol. The smallest absolute Gasteiger partial charge is 0.325 e. The number of nitrogens with zero attached hydrogens (tertiary/aromatic N) is 3. The summed E-state index contributed by atoms with van der Waals surface area (Å²) in [4.78, 5) is 26.5. The van der Waals surface area contributed by atoms with E-state index >= 15 is 0 Å². The number of nitrogens with one attached hydrogen (secondary N) is 1. The quantitative estimate of drug-likeness (QED) is 0.591. The molecular formula is C19H14BrClN4O3. The highest BCUT2D eigenvalue weighted by Crippen LogP contribution is 2.34. The number of hydrogen-bond acceptors (Lipinski definition) is 5. The molecule has 142 valence electrons. The van der Waals surface area contributed by atoms with E-state index in [1.165, 1.54) is 0 Å². The number of imide groups is 1. The van der Waals surface area contributed by atoms with Crippen molar-refractivity contribution in [2.24, 2.45) is 0 Å². The van der Waals surface area contributed by atoms with Crippen molar-refractivity contribution >= 4 is 39.5 Å². The number of halogens is 2. The zero-order chi connectivity index (χ0) is 19.9. The van der Waals surface area contributed by atoms with Gasteiger partial charge in [-0.15, -0.1) is 10.2 Å². The maximum Gasteiger partial charge on any atom is 0.325 e. The van der Waals surface area contributed by atoms with E-state index in [0.717, 1.165) is 14.9 Å². The largest absolute Gasteiger partial charge is 0.419 e. The first-order valence-electron chi connectivity index (χ1n) is 8.36. The van der Waals surface area contributed by atoms with E-state index in [4.69, 9.17) is 16.0 Å². The first-order chi connectivity index (χ1) is 13.4. The van der Waals surface area contributed by atoms with Gasteiger partial charge in [0.25, 0.3) is 5.91 Å². The van der Waals surface area contributed by atoms with E-state index < -0.39 is 17.5 Å². The van der Waals surface area contributed by atoms with E-state index in [1.54, 1.807) is 31.2 Å². The standard InChI is InChI=1S/C19H14BrClN4O3/c1-19(12-7-3-5-9-14(12)21)17(26)25(18(27)22-19)10-15-23-24-16(28-15)11-6-2-4-8-13(11)20/h2-9H,10H2,1H3,(H,22,27)/t19-/m1/s1. The summed E-state index contributed by atoms with van der Waals surface area (Å²) in [5.41, 5.74) is -0.0166. The lowest BCUT2D eigenvalue weighted by atomic mass is 9.92. The van der Waals surface area contributed by atoms with Crippen LogP contribution in [0.4, 0.5) is 4.79 Å². The minimum absolute atomic E-state index is 0.137. The van der Waals surface area contributed by atoms with Crippen molar-refractivity contribution in [1.29, 1.82) is 0 Å². The Labute approximate surface area is 173 Å². The van der Waals surface area contributed by atoms with Crippen molar-refractivity contribution in [3.05, 3.63) is 69.5 Å². The Hall–Kier alpha value is -2.71. The van der Waals surface area contributed by atoms with Gasteiger partial charge in [0.15, 0.2) is 0 Å². The summed E-state index contributed by atoms with van der Waals surface area (Å²) in [5, 5.41) is 11.1. The van der Waals surface area contributed by atoms with Gasteiger partial charge in [0.05, 0.1) is 5.56 Å². The van der Waals surface area contributed by atoms with E-state index in [1.807, 2.05) is 24.3 Å². The average molecular weight is 462 g/mol. The van der Waals surface area contributed by atoms with Crippen LogP contribution in [0, 0.1) is 0 Å². The van der Waals surface area contributed by atoms with Gasteiger partial charge in [-0.05, 0) is 41.1 Å². The summed E-state index contributed by atoms with van der Waals surface area (Å²) in [5.74, 6) is 0.00676. The molecule has 3 amide bonds. The van der Waals surface area contributed by atoms with Crippen molar-refractivity contribution in [3.8, 4) is 11.5 Å². The van der Waals surface area contributed by atoms with Crippen molar-refractivity contribution in [2.75, 3.05) is 0 Å². The Morgan fingerprint density at radius 2 is 1.86 bits per heavy atom. The molecule has 1 atom stereocenters. The first kappa shape index (κ1) is 18.6. The molecule has 2 heterocycles. The minimum Gasteiger partial charge on any atom is -0.419 e. The summed E-state index contributed by atoms with van der Waals surface area (Å²) >= 11 is 9.66. The Bertz CT molecular complexity index is 1090. The fourth-order valence-corrected chi connectivity index (χ4v) is 3.87. The highest BCUT2D eigenvalue weighted by atomic mass is 79.9. The van der Waals surface area contributed by atoms with Gasteiger partial charge >= 0.3 is 6.03 Å². The van der Waals surface area contributed by atoms with Gasteiger partial charge in [0.1, 0.15) is 12.1 Å². The van der Waals surface area contributed by atoms with Gasteiger partial charge < -0.3 is 9.73 Å². The lowest BCUT2D eigenvalue weighted by Crippen LogP contribution is -2.41. The monoisotopic (exact) mass is 460 g/mol. The molecule has 1 saturated heterocycles. The number of carbonyl (C=O) groups is 2. The molecule has 0 saturated carbocycles. The molecule has 1 N–H and O–H groups in total. The topological polar surface area (TPSA) is 88.3 Å². The Morgan fingerprint density at radius 1 is 1.14 bits per heavy atom. The van der Waals surface area contributed by atoms with Crippen LogP contribution in [0.2, 0.25) is 5.02 Å². The molecule has 0 bridgehead atoms. The molecule has 0 aliphatic carbocycles. The fraction of sp³-hybridized carbons (Fsp3) is 0.158. The van der Waals surface area contributed by atoms with E-state index in [9.17, 15) is 9.59 Å². The number of benzene rings is 2. The van der Waals surface area contributed by atoms with Crippen LogP contribution in [0.25, 0.3) is 11.5 Å². The van der Waals surface area contributed by atoms with Gasteiger partial charge in [-0.3, -0.25) is 9.69 Å². The van der Waals surface area contributed by atoms with Crippen LogP contribution in [0.5, 0.6) is 0 Å². The summed E-state index contributed by atoms with van der Waals surface area (Å²) < 4.78 is 6.45. The second-order valence-corrected chi connectivity index (χ2v) is 7.67. The molecule has 0 spiro atoms. The molecular weight excluding hydrogens is 448 g/mol. The molecule has 2 aromatic carbocycles. The molecule has 1 aromatic heterocycles. The van der Waals surface area contributed by atoms with Crippen LogP contribution >= 0.6 is 27.5 Å². The Balaban J connectivity index is 1.60. The zero-order valence-corrected chi connectivity index (χ0v) is 17.0. The van der Waals surface area contributed by atoms with Crippen molar-refractivity contribution < 1.29 is 14.0 Å². The highest BCUT2D eigenvalue weighted by Gasteiger charge is 2.50. The summed E-state index contributed by atoms with van der Waals surface area (Å²) in [6.07, 6.45) is 0. The third-order valence-electron chi connectivity index (χ3n) is 4.55. The van der Waals surface area contributed by atoms with Crippen molar-refractivity contribution in [2.45, 2.75) is 19.0 Å². The van der Waals surface area contributed by atoms with Gasteiger partial charge in [0, 0.05) is 15.1 Å². The molecule has 0 radical (unpaired) electrons. The van der Waals surface area contributed by atoms with Crippen LogP contribution < -0.4 is 5.32 Å². The maximum atomic E-state index is 13.0. The fourth-order valence-electron chi connectivity index (χ4n) is 3.09. The Kier molecular flexibility index (Phi) is 4.68. The van der Waals surface area contributed by atoms with Crippen LogP contribution in [0.3, 0.4) is 0 Å². The molecule has 9 heteroatoms. The van der Waals surface area contributed by atoms with E-state index in [-0.39, 0.29) is 12.4 Å². The van der Waals surface area contributed by atoms with Crippen molar-refractivity contribution in [3.63, 3.8) is 0 Å².